The lowest BCUT2D eigenvalue weighted by atomic mass is 9.92. The van der Waals surface area contributed by atoms with Gasteiger partial charge in [0.25, 0.3) is 5.91 Å². The smallest absolute Gasteiger partial charge is 0.251 e. The number of benzene rings is 2. The molecule has 7 nitrogen and oxygen atoms in total. The standard InChI is InChI=1S/C30H42ClN3O4/c1-19(2)14-25(27(35)15-21(5)28(36)32-18-20(3)4)33-30(38)26(16-22-10-7-6-8-11-22)34-29(37)23-12-9-13-24(31)17-23/h6-13,17,19-21,25-27,35H,14-16,18H2,1-5H3,(H,32,36)(H,33,38)(H,34,37)/t21-,25+,26+,27+/m1/s1. The number of halogens is 1. The van der Waals surface area contributed by atoms with E-state index in [1.807, 2.05) is 58.0 Å². The van der Waals surface area contributed by atoms with Gasteiger partial charge in [0.2, 0.25) is 11.8 Å². The second-order valence-electron chi connectivity index (χ2n) is 10.8. The maximum absolute atomic E-state index is 13.5. The van der Waals surface area contributed by atoms with Crippen LogP contribution in [0.5, 0.6) is 0 Å². The molecule has 3 amide bonds. The van der Waals surface area contributed by atoms with Crippen molar-refractivity contribution in [2.45, 2.75) is 72.1 Å². The molecule has 0 spiro atoms. The second-order valence-corrected chi connectivity index (χ2v) is 11.3. The number of aliphatic hydroxyl groups is 1. The first-order chi connectivity index (χ1) is 18.0. The van der Waals surface area contributed by atoms with E-state index >= 15 is 0 Å². The molecule has 2 rings (SSSR count). The van der Waals surface area contributed by atoms with Gasteiger partial charge in [0.1, 0.15) is 6.04 Å². The van der Waals surface area contributed by atoms with Crippen LogP contribution in [0.2, 0.25) is 5.02 Å². The van der Waals surface area contributed by atoms with E-state index in [9.17, 15) is 19.5 Å². The average molecular weight is 544 g/mol. The van der Waals surface area contributed by atoms with Gasteiger partial charge in [0.15, 0.2) is 0 Å². The Bertz CT molecular complexity index is 1040. The number of nitrogens with one attached hydrogen (secondary N) is 3. The van der Waals surface area contributed by atoms with Crippen LogP contribution in [0.15, 0.2) is 54.6 Å². The van der Waals surface area contributed by atoms with Crippen molar-refractivity contribution in [2.75, 3.05) is 6.54 Å². The van der Waals surface area contributed by atoms with Gasteiger partial charge in [0.05, 0.1) is 12.1 Å². The maximum atomic E-state index is 13.5. The van der Waals surface area contributed by atoms with Crippen molar-refractivity contribution in [3.05, 3.63) is 70.7 Å². The van der Waals surface area contributed by atoms with E-state index in [0.717, 1.165) is 5.56 Å². The third kappa shape index (κ3) is 10.8. The first-order valence-corrected chi connectivity index (χ1v) is 13.7. The van der Waals surface area contributed by atoms with Crippen LogP contribution in [-0.2, 0) is 16.0 Å². The van der Waals surface area contributed by atoms with E-state index in [0.29, 0.717) is 29.5 Å². The van der Waals surface area contributed by atoms with Crippen LogP contribution in [0.4, 0.5) is 0 Å². The summed E-state index contributed by atoms with van der Waals surface area (Å²) in [7, 11) is 0. The Balaban J connectivity index is 2.18. The molecule has 2 aromatic rings. The molecule has 0 aliphatic carbocycles. The van der Waals surface area contributed by atoms with E-state index in [2.05, 4.69) is 16.0 Å². The Morgan fingerprint density at radius 3 is 2.13 bits per heavy atom. The van der Waals surface area contributed by atoms with E-state index in [1.165, 1.54) is 0 Å². The minimum atomic E-state index is -0.929. The molecule has 0 aromatic heterocycles. The summed E-state index contributed by atoms with van der Waals surface area (Å²) in [5, 5.41) is 20.2. The topological polar surface area (TPSA) is 108 Å². The van der Waals surface area contributed by atoms with Crippen LogP contribution < -0.4 is 16.0 Å². The fraction of sp³-hybridized carbons (Fsp3) is 0.500. The number of rotatable bonds is 14. The fourth-order valence-corrected chi connectivity index (χ4v) is 4.34. The van der Waals surface area contributed by atoms with Crippen molar-refractivity contribution < 1.29 is 19.5 Å². The van der Waals surface area contributed by atoms with Crippen LogP contribution in [0.3, 0.4) is 0 Å². The number of aliphatic hydroxyl groups excluding tert-OH is 1. The molecule has 4 atom stereocenters. The summed E-state index contributed by atoms with van der Waals surface area (Å²) >= 11 is 6.05. The second kappa shape index (κ2) is 15.5. The largest absolute Gasteiger partial charge is 0.391 e. The van der Waals surface area contributed by atoms with Crippen LogP contribution in [-0.4, -0.2) is 47.6 Å². The summed E-state index contributed by atoms with van der Waals surface area (Å²) in [6, 6.07) is 14.5. The van der Waals surface area contributed by atoms with Gasteiger partial charge in [-0.1, -0.05) is 82.6 Å². The predicted molar refractivity (Wildman–Crippen MR) is 152 cm³/mol. The molecule has 0 saturated heterocycles. The van der Waals surface area contributed by atoms with E-state index < -0.39 is 35.9 Å². The molecule has 0 unspecified atom stereocenters. The van der Waals surface area contributed by atoms with Crippen molar-refractivity contribution in [2.24, 2.45) is 17.8 Å². The molecule has 0 saturated carbocycles. The number of hydrogen-bond donors (Lipinski definition) is 4. The number of amides is 3. The Morgan fingerprint density at radius 2 is 1.53 bits per heavy atom. The summed E-state index contributed by atoms with van der Waals surface area (Å²) in [6.45, 7) is 10.4. The van der Waals surface area contributed by atoms with Gasteiger partial charge in [-0.25, -0.2) is 0 Å². The number of carbonyl (C=O) groups is 3. The molecule has 0 heterocycles. The highest BCUT2D eigenvalue weighted by Gasteiger charge is 2.30. The summed E-state index contributed by atoms with van der Waals surface area (Å²) in [5.74, 6) is -0.840. The van der Waals surface area contributed by atoms with Crippen molar-refractivity contribution >= 4 is 29.3 Å². The predicted octanol–water partition coefficient (Wildman–Crippen LogP) is 4.37. The highest BCUT2D eigenvalue weighted by molar-refractivity contribution is 6.31. The lowest BCUT2D eigenvalue weighted by molar-refractivity contribution is -0.126. The Labute approximate surface area is 231 Å². The molecule has 0 aliphatic rings. The zero-order valence-electron chi connectivity index (χ0n) is 23.0. The van der Waals surface area contributed by atoms with Crippen molar-refractivity contribution in [3.8, 4) is 0 Å². The summed E-state index contributed by atoms with van der Waals surface area (Å²) in [4.78, 5) is 39.0. The molecule has 208 valence electrons. The molecule has 0 radical (unpaired) electrons. The Kier molecular flexibility index (Phi) is 12.8. The average Bonchev–Trinajstić information content (AvgIpc) is 2.86. The molecule has 2 aromatic carbocycles. The van der Waals surface area contributed by atoms with Gasteiger partial charge in [-0.2, -0.15) is 0 Å². The first kappa shape index (κ1) is 31.3. The third-order valence-corrected chi connectivity index (χ3v) is 6.47. The molecule has 4 N–H and O–H groups in total. The molecule has 38 heavy (non-hydrogen) atoms. The van der Waals surface area contributed by atoms with Crippen LogP contribution in [0, 0.1) is 17.8 Å². The van der Waals surface area contributed by atoms with E-state index in [1.54, 1.807) is 31.2 Å². The van der Waals surface area contributed by atoms with Crippen molar-refractivity contribution in [3.63, 3.8) is 0 Å². The van der Waals surface area contributed by atoms with Crippen molar-refractivity contribution in [1.82, 2.24) is 16.0 Å². The highest BCUT2D eigenvalue weighted by atomic mass is 35.5. The van der Waals surface area contributed by atoms with Crippen molar-refractivity contribution in [1.29, 1.82) is 0 Å². The summed E-state index contributed by atoms with van der Waals surface area (Å²) < 4.78 is 0. The SMILES string of the molecule is CC(C)CNC(=O)[C@H](C)C[C@H](O)[C@H](CC(C)C)NC(=O)[C@H](Cc1ccccc1)NC(=O)c1cccc(Cl)c1. The molecular formula is C30H42ClN3O4. The quantitative estimate of drug-likeness (QED) is 0.284. The maximum Gasteiger partial charge on any atom is 0.251 e. The first-order valence-electron chi connectivity index (χ1n) is 13.3. The van der Waals surface area contributed by atoms with E-state index in [-0.39, 0.29) is 24.7 Å². The fourth-order valence-electron chi connectivity index (χ4n) is 4.15. The molecule has 0 bridgehead atoms. The van der Waals surface area contributed by atoms with Gasteiger partial charge in [0, 0.05) is 29.5 Å². The molecule has 0 fully saturated rings. The van der Waals surface area contributed by atoms with Crippen LogP contribution >= 0.6 is 11.6 Å². The van der Waals surface area contributed by atoms with Gasteiger partial charge in [-0.3, -0.25) is 14.4 Å². The molecule has 0 aliphatic heterocycles. The van der Waals surface area contributed by atoms with Gasteiger partial charge < -0.3 is 21.1 Å². The van der Waals surface area contributed by atoms with Gasteiger partial charge in [-0.05, 0) is 48.4 Å². The third-order valence-electron chi connectivity index (χ3n) is 6.24. The summed E-state index contributed by atoms with van der Waals surface area (Å²) in [5.41, 5.74) is 1.24. The Hall–Kier alpha value is -2.90. The lowest BCUT2D eigenvalue weighted by Gasteiger charge is -2.29. The zero-order valence-corrected chi connectivity index (χ0v) is 23.8. The number of carbonyl (C=O) groups excluding carboxylic acids is 3. The van der Waals surface area contributed by atoms with Gasteiger partial charge in [-0.15, -0.1) is 0 Å². The minimum Gasteiger partial charge on any atom is -0.391 e. The summed E-state index contributed by atoms with van der Waals surface area (Å²) in [6.07, 6.45) is 0.0762. The highest BCUT2D eigenvalue weighted by Crippen LogP contribution is 2.17. The lowest BCUT2D eigenvalue weighted by Crippen LogP contribution is -2.54. The normalized spacial score (nSPS) is 14.4. The monoisotopic (exact) mass is 543 g/mol. The molecule has 8 heteroatoms. The molecular weight excluding hydrogens is 502 g/mol. The van der Waals surface area contributed by atoms with Crippen LogP contribution in [0.25, 0.3) is 0 Å². The van der Waals surface area contributed by atoms with E-state index in [4.69, 9.17) is 11.6 Å². The minimum absolute atomic E-state index is 0.122. The Morgan fingerprint density at radius 1 is 0.842 bits per heavy atom. The van der Waals surface area contributed by atoms with Gasteiger partial charge >= 0.3 is 0 Å². The number of hydrogen-bond acceptors (Lipinski definition) is 4. The van der Waals surface area contributed by atoms with Crippen LogP contribution in [0.1, 0.15) is 63.4 Å². The zero-order chi connectivity index (χ0) is 28.2.